The lowest BCUT2D eigenvalue weighted by Crippen LogP contribution is -2.33. The van der Waals surface area contributed by atoms with Crippen LogP contribution in [0.2, 0.25) is 0 Å². The monoisotopic (exact) mass is 274 g/mol. The van der Waals surface area contributed by atoms with Crippen molar-refractivity contribution in [3.63, 3.8) is 0 Å². The van der Waals surface area contributed by atoms with Gasteiger partial charge in [0.2, 0.25) is 5.91 Å². The zero-order valence-electron chi connectivity index (χ0n) is 12.4. The average Bonchev–Trinajstić information content (AvgIpc) is 2.53. The third-order valence-electron chi connectivity index (χ3n) is 4.45. The molecule has 1 saturated carbocycles. The minimum Gasteiger partial charge on any atom is -0.352 e. The molecular formula is C17H26N2O. The van der Waals surface area contributed by atoms with E-state index >= 15 is 0 Å². The molecule has 0 saturated heterocycles. The van der Waals surface area contributed by atoms with Crippen molar-refractivity contribution in [3.05, 3.63) is 35.4 Å². The molecule has 1 fully saturated rings. The summed E-state index contributed by atoms with van der Waals surface area (Å²) in [7, 11) is 0. The van der Waals surface area contributed by atoms with Crippen LogP contribution in [0.5, 0.6) is 0 Å². The first kappa shape index (κ1) is 15.0. The maximum absolute atomic E-state index is 12.1. The predicted molar refractivity (Wildman–Crippen MR) is 82.2 cm³/mol. The highest BCUT2D eigenvalue weighted by molar-refractivity contribution is 5.78. The van der Waals surface area contributed by atoms with Crippen molar-refractivity contribution < 1.29 is 4.79 Å². The van der Waals surface area contributed by atoms with Crippen LogP contribution in [0.25, 0.3) is 0 Å². The number of benzene rings is 1. The van der Waals surface area contributed by atoms with Gasteiger partial charge in [-0.1, -0.05) is 31.2 Å². The van der Waals surface area contributed by atoms with Crippen molar-refractivity contribution in [2.45, 2.75) is 45.6 Å². The zero-order valence-corrected chi connectivity index (χ0v) is 12.4. The van der Waals surface area contributed by atoms with Crippen LogP contribution >= 0.6 is 0 Å². The Bertz CT molecular complexity index is 419. The molecule has 20 heavy (non-hydrogen) atoms. The van der Waals surface area contributed by atoms with E-state index in [1.165, 1.54) is 11.1 Å². The molecule has 0 spiro atoms. The number of hydrogen-bond acceptors (Lipinski definition) is 2. The second kappa shape index (κ2) is 7.44. The molecule has 1 aromatic carbocycles. The highest BCUT2D eigenvalue weighted by Gasteiger charge is 2.25. The minimum absolute atomic E-state index is 0.188. The quantitative estimate of drug-likeness (QED) is 0.867. The van der Waals surface area contributed by atoms with Gasteiger partial charge < -0.3 is 11.1 Å². The SMILES string of the molecule is CCc1ccc(CNC(=O)C2CCC(CN)CC2)cc1. The van der Waals surface area contributed by atoms with Crippen LogP contribution in [-0.4, -0.2) is 12.5 Å². The summed E-state index contributed by atoms with van der Waals surface area (Å²) in [5.41, 5.74) is 8.19. The number of nitrogens with two attached hydrogens (primary N) is 1. The van der Waals surface area contributed by atoms with Gasteiger partial charge in [-0.3, -0.25) is 4.79 Å². The summed E-state index contributed by atoms with van der Waals surface area (Å²) in [6.45, 7) is 3.55. The van der Waals surface area contributed by atoms with Gasteiger partial charge in [0.1, 0.15) is 0 Å². The third-order valence-corrected chi connectivity index (χ3v) is 4.45. The highest BCUT2D eigenvalue weighted by atomic mass is 16.1. The summed E-state index contributed by atoms with van der Waals surface area (Å²) >= 11 is 0. The van der Waals surface area contributed by atoms with Crippen LogP contribution in [0.4, 0.5) is 0 Å². The Kier molecular flexibility index (Phi) is 5.60. The fraction of sp³-hybridized carbons (Fsp3) is 0.588. The van der Waals surface area contributed by atoms with Gasteiger partial charge in [-0.05, 0) is 55.7 Å². The summed E-state index contributed by atoms with van der Waals surface area (Å²) in [4.78, 5) is 12.1. The lowest BCUT2D eigenvalue weighted by Gasteiger charge is -2.26. The summed E-state index contributed by atoms with van der Waals surface area (Å²) in [5, 5.41) is 3.07. The normalized spacial score (nSPS) is 22.5. The average molecular weight is 274 g/mol. The first-order valence-corrected chi connectivity index (χ1v) is 7.78. The molecule has 3 N–H and O–H groups in total. The maximum atomic E-state index is 12.1. The van der Waals surface area contributed by atoms with E-state index < -0.39 is 0 Å². The number of aryl methyl sites for hydroxylation is 1. The summed E-state index contributed by atoms with van der Waals surface area (Å²) in [6.07, 6.45) is 5.22. The molecule has 1 aliphatic rings. The molecule has 0 aliphatic heterocycles. The topological polar surface area (TPSA) is 55.1 Å². The molecule has 1 aromatic rings. The Morgan fingerprint density at radius 3 is 2.30 bits per heavy atom. The number of carbonyl (C=O) groups excluding carboxylic acids is 1. The Morgan fingerprint density at radius 1 is 1.15 bits per heavy atom. The van der Waals surface area contributed by atoms with Crippen molar-refractivity contribution in [2.75, 3.05) is 6.54 Å². The van der Waals surface area contributed by atoms with Crippen molar-refractivity contribution in [3.8, 4) is 0 Å². The van der Waals surface area contributed by atoms with E-state index in [-0.39, 0.29) is 11.8 Å². The van der Waals surface area contributed by atoms with Crippen LogP contribution in [-0.2, 0) is 17.8 Å². The van der Waals surface area contributed by atoms with Crippen LogP contribution in [0.3, 0.4) is 0 Å². The molecule has 110 valence electrons. The van der Waals surface area contributed by atoms with E-state index in [0.29, 0.717) is 12.5 Å². The van der Waals surface area contributed by atoms with Crippen molar-refractivity contribution >= 4 is 5.91 Å². The van der Waals surface area contributed by atoms with E-state index in [1.54, 1.807) is 0 Å². The molecule has 2 rings (SSSR count). The van der Waals surface area contributed by atoms with Crippen molar-refractivity contribution in [1.82, 2.24) is 5.32 Å². The highest BCUT2D eigenvalue weighted by Crippen LogP contribution is 2.28. The molecule has 3 heteroatoms. The van der Waals surface area contributed by atoms with E-state index in [9.17, 15) is 4.79 Å². The maximum Gasteiger partial charge on any atom is 0.223 e. The van der Waals surface area contributed by atoms with Gasteiger partial charge in [-0.2, -0.15) is 0 Å². The largest absolute Gasteiger partial charge is 0.352 e. The lowest BCUT2D eigenvalue weighted by atomic mass is 9.81. The molecular weight excluding hydrogens is 248 g/mol. The Morgan fingerprint density at radius 2 is 1.75 bits per heavy atom. The molecule has 1 aliphatic carbocycles. The van der Waals surface area contributed by atoms with Crippen LogP contribution in [0.15, 0.2) is 24.3 Å². The molecule has 3 nitrogen and oxygen atoms in total. The van der Waals surface area contributed by atoms with Gasteiger partial charge in [0.15, 0.2) is 0 Å². The molecule has 0 heterocycles. The number of rotatable bonds is 5. The Hall–Kier alpha value is -1.35. The molecule has 0 bridgehead atoms. The van der Waals surface area contributed by atoms with Gasteiger partial charge in [0, 0.05) is 12.5 Å². The predicted octanol–water partition coefficient (Wildman–Crippen LogP) is 2.63. The van der Waals surface area contributed by atoms with E-state index in [0.717, 1.165) is 38.6 Å². The summed E-state index contributed by atoms with van der Waals surface area (Å²) < 4.78 is 0. The fourth-order valence-electron chi connectivity index (χ4n) is 2.89. The second-order valence-corrected chi connectivity index (χ2v) is 5.84. The first-order chi connectivity index (χ1) is 9.72. The smallest absolute Gasteiger partial charge is 0.223 e. The molecule has 0 radical (unpaired) electrons. The Labute approximate surface area is 121 Å². The molecule has 0 atom stereocenters. The first-order valence-electron chi connectivity index (χ1n) is 7.78. The molecule has 1 amide bonds. The lowest BCUT2D eigenvalue weighted by molar-refractivity contribution is -0.126. The Balaban J connectivity index is 1.77. The van der Waals surface area contributed by atoms with Crippen LogP contribution in [0.1, 0.15) is 43.7 Å². The van der Waals surface area contributed by atoms with Gasteiger partial charge in [-0.25, -0.2) is 0 Å². The van der Waals surface area contributed by atoms with Crippen molar-refractivity contribution in [1.29, 1.82) is 0 Å². The standard InChI is InChI=1S/C17H26N2O/c1-2-13-3-5-15(6-4-13)12-19-17(20)16-9-7-14(11-18)8-10-16/h3-6,14,16H,2,7-12,18H2,1H3,(H,19,20). The zero-order chi connectivity index (χ0) is 14.4. The molecule has 0 unspecified atom stereocenters. The number of carbonyl (C=O) groups is 1. The van der Waals surface area contributed by atoms with Crippen LogP contribution in [0, 0.1) is 11.8 Å². The van der Waals surface area contributed by atoms with Crippen molar-refractivity contribution in [2.24, 2.45) is 17.6 Å². The van der Waals surface area contributed by atoms with E-state index in [4.69, 9.17) is 5.73 Å². The van der Waals surface area contributed by atoms with Gasteiger partial charge in [0.05, 0.1) is 0 Å². The number of hydrogen-bond donors (Lipinski definition) is 2. The minimum atomic E-state index is 0.188. The summed E-state index contributed by atoms with van der Waals surface area (Å²) in [6, 6.07) is 8.47. The number of amides is 1. The fourth-order valence-corrected chi connectivity index (χ4v) is 2.89. The van der Waals surface area contributed by atoms with Gasteiger partial charge in [-0.15, -0.1) is 0 Å². The van der Waals surface area contributed by atoms with E-state index in [2.05, 4.69) is 36.5 Å². The van der Waals surface area contributed by atoms with E-state index in [1.807, 2.05) is 0 Å². The second-order valence-electron chi connectivity index (χ2n) is 5.84. The summed E-state index contributed by atoms with van der Waals surface area (Å²) in [5.74, 6) is 1.02. The van der Waals surface area contributed by atoms with Crippen LogP contribution < -0.4 is 11.1 Å². The van der Waals surface area contributed by atoms with Gasteiger partial charge in [0.25, 0.3) is 0 Å². The number of nitrogens with one attached hydrogen (secondary N) is 1. The third kappa shape index (κ3) is 4.07. The van der Waals surface area contributed by atoms with Gasteiger partial charge >= 0.3 is 0 Å². The molecule has 0 aromatic heterocycles.